The molecule has 0 amide bonds. The summed E-state index contributed by atoms with van der Waals surface area (Å²) in [6, 6.07) is 10.2. The Morgan fingerprint density at radius 2 is 2.12 bits per heavy atom. The molecule has 0 aromatic heterocycles. The summed E-state index contributed by atoms with van der Waals surface area (Å²) in [6.45, 7) is 1.68. The van der Waals surface area contributed by atoms with E-state index in [4.69, 9.17) is 9.84 Å². The van der Waals surface area contributed by atoms with Gasteiger partial charge in [-0.25, -0.2) is 0 Å². The van der Waals surface area contributed by atoms with Crippen LogP contribution in [0.2, 0.25) is 0 Å². The van der Waals surface area contributed by atoms with Crippen molar-refractivity contribution < 1.29 is 14.6 Å². The number of hydrogen-bond donors (Lipinski definition) is 2. The van der Waals surface area contributed by atoms with Gasteiger partial charge in [-0.15, -0.1) is 0 Å². The molecule has 1 heterocycles. The van der Waals surface area contributed by atoms with E-state index < -0.39 is 5.97 Å². The molecule has 1 aromatic carbocycles. The summed E-state index contributed by atoms with van der Waals surface area (Å²) < 4.78 is 5.30. The Balaban J connectivity index is 1.81. The molecule has 92 valence electrons. The Bertz CT molecular complexity index is 366. The maximum atomic E-state index is 10.9. The van der Waals surface area contributed by atoms with E-state index in [1.54, 1.807) is 0 Å². The quantitative estimate of drug-likeness (QED) is 0.825. The first-order valence-corrected chi connectivity index (χ1v) is 5.83. The van der Waals surface area contributed by atoms with E-state index in [9.17, 15) is 4.79 Å². The third kappa shape index (κ3) is 3.54. The smallest absolute Gasteiger partial charge is 0.308 e. The summed E-state index contributed by atoms with van der Waals surface area (Å²) in [5.74, 6) is -1.15. The van der Waals surface area contributed by atoms with Crippen molar-refractivity contribution in [2.45, 2.75) is 19.0 Å². The van der Waals surface area contributed by atoms with Gasteiger partial charge in [0.15, 0.2) is 0 Å². The van der Waals surface area contributed by atoms with Crippen molar-refractivity contribution in [3.05, 3.63) is 35.9 Å². The first-order valence-electron chi connectivity index (χ1n) is 5.83. The Hall–Kier alpha value is -1.39. The molecule has 1 saturated heterocycles. The Labute approximate surface area is 101 Å². The maximum absolute atomic E-state index is 10.9. The van der Waals surface area contributed by atoms with Crippen molar-refractivity contribution in [1.82, 2.24) is 5.32 Å². The van der Waals surface area contributed by atoms with Gasteiger partial charge in [-0.2, -0.15) is 0 Å². The Morgan fingerprint density at radius 3 is 2.82 bits per heavy atom. The molecule has 1 aromatic rings. The number of carboxylic acids is 1. The van der Waals surface area contributed by atoms with Gasteiger partial charge in [-0.1, -0.05) is 30.3 Å². The van der Waals surface area contributed by atoms with E-state index >= 15 is 0 Å². The van der Waals surface area contributed by atoms with Gasteiger partial charge in [-0.05, 0) is 12.0 Å². The summed E-state index contributed by atoms with van der Waals surface area (Å²) in [7, 11) is 0. The molecule has 1 aliphatic rings. The predicted octanol–water partition coefficient (Wildman–Crippen LogP) is 1.27. The summed E-state index contributed by atoms with van der Waals surface area (Å²) in [6.07, 6.45) is 0.641. The van der Waals surface area contributed by atoms with Gasteiger partial charge < -0.3 is 15.2 Å². The largest absolute Gasteiger partial charge is 0.481 e. The summed E-state index contributed by atoms with van der Waals surface area (Å²) >= 11 is 0. The molecule has 0 bridgehead atoms. The van der Waals surface area contributed by atoms with Gasteiger partial charge in [0, 0.05) is 12.6 Å². The molecular weight excluding hydrogens is 218 g/mol. The highest BCUT2D eigenvalue weighted by molar-refractivity contribution is 5.70. The van der Waals surface area contributed by atoms with E-state index in [1.807, 2.05) is 30.3 Å². The van der Waals surface area contributed by atoms with Crippen LogP contribution in [-0.2, 0) is 16.1 Å². The minimum absolute atomic E-state index is 0.130. The molecule has 1 fully saturated rings. The molecule has 0 saturated carbocycles. The second-order valence-electron chi connectivity index (χ2n) is 4.37. The fourth-order valence-corrected chi connectivity index (χ4v) is 2.00. The number of benzene rings is 1. The molecule has 0 aliphatic carbocycles. The average molecular weight is 235 g/mol. The fraction of sp³-hybridized carbons (Fsp3) is 0.462. The van der Waals surface area contributed by atoms with Gasteiger partial charge in [0.1, 0.15) is 0 Å². The van der Waals surface area contributed by atoms with Crippen molar-refractivity contribution >= 4 is 5.97 Å². The van der Waals surface area contributed by atoms with Crippen LogP contribution in [-0.4, -0.2) is 30.3 Å². The first kappa shape index (κ1) is 12.1. The molecule has 0 spiro atoms. The summed E-state index contributed by atoms with van der Waals surface area (Å²) in [5.41, 5.74) is 1.20. The van der Waals surface area contributed by atoms with Gasteiger partial charge in [0.2, 0.25) is 0 Å². The number of aliphatic carboxylic acids is 1. The standard InChI is InChI=1S/C13H17NO3/c15-13(16)11-6-12(9-17-8-11)14-7-10-4-2-1-3-5-10/h1-5,11-12,14H,6-9H2,(H,15,16). The number of carbonyl (C=O) groups is 1. The summed E-state index contributed by atoms with van der Waals surface area (Å²) in [5, 5.41) is 12.3. The predicted molar refractivity (Wildman–Crippen MR) is 63.6 cm³/mol. The summed E-state index contributed by atoms with van der Waals surface area (Å²) in [4.78, 5) is 10.9. The molecule has 4 nitrogen and oxygen atoms in total. The molecule has 4 heteroatoms. The highest BCUT2D eigenvalue weighted by Crippen LogP contribution is 2.15. The fourth-order valence-electron chi connectivity index (χ4n) is 2.00. The zero-order valence-electron chi connectivity index (χ0n) is 9.63. The second kappa shape index (κ2) is 5.80. The van der Waals surface area contributed by atoms with Crippen LogP contribution in [0, 0.1) is 5.92 Å². The Kier molecular flexibility index (Phi) is 4.12. The monoisotopic (exact) mass is 235 g/mol. The molecular formula is C13H17NO3. The number of nitrogens with one attached hydrogen (secondary N) is 1. The van der Waals surface area contributed by atoms with Gasteiger partial charge >= 0.3 is 5.97 Å². The van der Waals surface area contributed by atoms with Gasteiger partial charge in [0.25, 0.3) is 0 Å². The van der Waals surface area contributed by atoms with Crippen molar-refractivity contribution in [1.29, 1.82) is 0 Å². The van der Waals surface area contributed by atoms with Crippen LogP contribution >= 0.6 is 0 Å². The lowest BCUT2D eigenvalue weighted by atomic mass is 9.98. The zero-order valence-corrected chi connectivity index (χ0v) is 9.63. The van der Waals surface area contributed by atoms with Crippen molar-refractivity contribution in [2.75, 3.05) is 13.2 Å². The molecule has 1 aliphatic heterocycles. The van der Waals surface area contributed by atoms with Crippen LogP contribution in [0.3, 0.4) is 0 Å². The van der Waals surface area contributed by atoms with Crippen LogP contribution in [0.15, 0.2) is 30.3 Å². The van der Waals surface area contributed by atoms with Crippen LogP contribution in [0.5, 0.6) is 0 Å². The number of ether oxygens (including phenoxy) is 1. The second-order valence-corrected chi connectivity index (χ2v) is 4.37. The lowest BCUT2D eigenvalue weighted by Crippen LogP contribution is -2.42. The normalized spacial score (nSPS) is 24.5. The third-order valence-electron chi connectivity index (χ3n) is 2.99. The highest BCUT2D eigenvalue weighted by Gasteiger charge is 2.27. The molecule has 2 rings (SSSR count). The first-order chi connectivity index (χ1) is 8.25. The lowest BCUT2D eigenvalue weighted by molar-refractivity contribution is -0.146. The molecule has 2 N–H and O–H groups in total. The van der Waals surface area contributed by atoms with Crippen molar-refractivity contribution in [2.24, 2.45) is 5.92 Å². The number of rotatable bonds is 4. The molecule has 0 radical (unpaired) electrons. The van der Waals surface area contributed by atoms with Crippen molar-refractivity contribution in [3.8, 4) is 0 Å². The topological polar surface area (TPSA) is 58.6 Å². The van der Waals surface area contributed by atoms with Gasteiger partial charge in [-0.3, -0.25) is 4.79 Å². The maximum Gasteiger partial charge on any atom is 0.308 e. The molecule has 2 unspecified atom stereocenters. The average Bonchev–Trinajstić information content (AvgIpc) is 2.38. The van der Waals surface area contributed by atoms with E-state index in [-0.39, 0.29) is 12.0 Å². The molecule has 17 heavy (non-hydrogen) atoms. The lowest BCUT2D eigenvalue weighted by Gasteiger charge is -2.27. The van der Waals surface area contributed by atoms with Crippen LogP contribution in [0.25, 0.3) is 0 Å². The number of carboxylic acid groups (broad SMARTS) is 1. The van der Waals surface area contributed by atoms with E-state index in [1.165, 1.54) is 5.56 Å². The Morgan fingerprint density at radius 1 is 1.35 bits per heavy atom. The molecule has 2 atom stereocenters. The van der Waals surface area contributed by atoms with Crippen LogP contribution in [0.4, 0.5) is 0 Å². The number of hydrogen-bond acceptors (Lipinski definition) is 3. The van der Waals surface area contributed by atoms with E-state index in [0.29, 0.717) is 19.6 Å². The highest BCUT2D eigenvalue weighted by atomic mass is 16.5. The van der Waals surface area contributed by atoms with Crippen molar-refractivity contribution in [3.63, 3.8) is 0 Å². The van der Waals surface area contributed by atoms with E-state index in [0.717, 1.165) is 6.54 Å². The SMILES string of the molecule is O=C(O)C1COCC(NCc2ccccc2)C1. The zero-order chi connectivity index (χ0) is 12.1. The minimum Gasteiger partial charge on any atom is -0.481 e. The van der Waals surface area contributed by atoms with Crippen LogP contribution in [0.1, 0.15) is 12.0 Å². The van der Waals surface area contributed by atoms with Crippen LogP contribution < -0.4 is 5.32 Å². The minimum atomic E-state index is -0.767. The van der Waals surface area contributed by atoms with E-state index in [2.05, 4.69) is 5.32 Å². The third-order valence-corrected chi connectivity index (χ3v) is 2.99. The van der Waals surface area contributed by atoms with Gasteiger partial charge in [0.05, 0.1) is 19.1 Å².